The van der Waals surface area contributed by atoms with Gasteiger partial charge >= 0.3 is 0 Å². The molecule has 1 aliphatic heterocycles. The SMILES string of the molecule is O=[N+]([O-])CCC1c2ccccc2CCN1c1ccccc1. The second-order valence-electron chi connectivity index (χ2n) is 5.34. The van der Waals surface area contributed by atoms with Crippen LogP contribution in [0.5, 0.6) is 0 Å². The lowest BCUT2D eigenvalue weighted by atomic mass is 9.90. The minimum Gasteiger partial charge on any atom is -0.364 e. The summed E-state index contributed by atoms with van der Waals surface area (Å²) >= 11 is 0. The molecule has 108 valence electrons. The van der Waals surface area contributed by atoms with Gasteiger partial charge in [-0.25, -0.2) is 0 Å². The molecule has 0 fully saturated rings. The van der Waals surface area contributed by atoms with E-state index in [1.807, 2.05) is 30.3 Å². The van der Waals surface area contributed by atoms with Gasteiger partial charge in [-0.2, -0.15) is 0 Å². The van der Waals surface area contributed by atoms with Crippen LogP contribution >= 0.6 is 0 Å². The zero-order valence-corrected chi connectivity index (χ0v) is 11.8. The Morgan fingerprint density at radius 2 is 1.81 bits per heavy atom. The van der Waals surface area contributed by atoms with E-state index in [9.17, 15) is 10.1 Å². The third kappa shape index (κ3) is 2.89. The summed E-state index contributed by atoms with van der Waals surface area (Å²) in [5.74, 6) is 0. The van der Waals surface area contributed by atoms with Gasteiger partial charge in [0.15, 0.2) is 0 Å². The molecule has 0 bridgehead atoms. The summed E-state index contributed by atoms with van der Waals surface area (Å²) in [6.07, 6.45) is 1.53. The third-order valence-corrected chi connectivity index (χ3v) is 4.09. The van der Waals surface area contributed by atoms with Crippen LogP contribution in [0.25, 0.3) is 0 Å². The molecule has 1 heterocycles. The van der Waals surface area contributed by atoms with E-state index in [-0.39, 0.29) is 17.5 Å². The normalized spacial score (nSPS) is 17.3. The predicted octanol–water partition coefficient (Wildman–Crippen LogP) is 3.46. The van der Waals surface area contributed by atoms with E-state index in [0.717, 1.165) is 18.7 Å². The molecule has 0 saturated heterocycles. The first kappa shape index (κ1) is 13.6. The number of benzene rings is 2. The van der Waals surface area contributed by atoms with E-state index in [4.69, 9.17) is 0 Å². The van der Waals surface area contributed by atoms with Crippen LogP contribution in [0.3, 0.4) is 0 Å². The quantitative estimate of drug-likeness (QED) is 0.637. The molecule has 4 nitrogen and oxygen atoms in total. The molecule has 1 unspecified atom stereocenters. The van der Waals surface area contributed by atoms with Crippen molar-refractivity contribution in [1.82, 2.24) is 0 Å². The molecule has 4 heteroatoms. The van der Waals surface area contributed by atoms with Gasteiger partial charge in [-0.05, 0) is 29.7 Å². The molecule has 2 aromatic carbocycles. The summed E-state index contributed by atoms with van der Waals surface area (Å²) in [4.78, 5) is 12.9. The Bertz CT molecular complexity index is 628. The molecule has 1 atom stereocenters. The Labute approximate surface area is 124 Å². The maximum absolute atomic E-state index is 10.8. The number of nitro groups is 1. The zero-order chi connectivity index (χ0) is 14.7. The number of hydrogen-bond acceptors (Lipinski definition) is 3. The average molecular weight is 282 g/mol. The molecular weight excluding hydrogens is 264 g/mol. The van der Waals surface area contributed by atoms with Gasteiger partial charge < -0.3 is 4.90 Å². The molecule has 2 aromatic rings. The summed E-state index contributed by atoms with van der Waals surface area (Å²) < 4.78 is 0. The van der Waals surface area contributed by atoms with Crippen LogP contribution in [0.2, 0.25) is 0 Å². The van der Waals surface area contributed by atoms with Crippen LogP contribution < -0.4 is 4.90 Å². The van der Waals surface area contributed by atoms with Crippen LogP contribution in [-0.2, 0) is 6.42 Å². The number of hydrogen-bond donors (Lipinski definition) is 0. The molecule has 0 aromatic heterocycles. The van der Waals surface area contributed by atoms with Crippen LogP contribution in [-0.4, -0.2) is 18.0 Å². The first-order valence-electron chi connectivity index (χ1n) is 7.27. The lowest BCUT2D eigenvalue weighted by molar-refractivity contribution is -0.481. The molecule has 0 amide bonds. The van der Waals surface area contributed by atoms with Crippen molar-refractivity contribution in [3.05, 3.63) is 75.8 Å². The van der Waals surface area contributed by atoms with Gasteiger partial charge in [0, 0.05) is 23.6 Å². The van der Waals surface area contributed by atoms with Gasteiger partial charge in [0.2, 0.25) is 6.54 Å². The van der Waals surface area contributed by atoms with Crippen LogP contribution in [0.15, 0.2) is 54.6 Å². The zero-order valence-electron chi connectivity index (χ0n) is 11.8. The second-order valence-corrected chi connectivity index (χ2v) is 5.34. The fraction of sp³-hybridized carbons (Fsp3) is 0.294. The number of fused-ring (bicyclic) bond motifs is 1. The van der Waals surface area contributed by atoms with Crippen molar-refractivity contribution in [1.29, 1.82) is 0 Å². The fourth-order valence-electron chi connectivity index (χ4n) is 3.12. The van der Waals surface area contributed by atoms with Gasteiger partial charge in [-0.15, -0.1) is 0 Å². The van der Waals surface area contributed by atoms with Crippen molar-refractivity contribution in [2.75, 3.05) is 18.0 Å². The van der Waals surface area contributed by atoms with Crippen LogP contribution in [0.4, 0.5) is 5.69 Å². The minimum atomic E-state index is -0.222. The van der Waals surface area contributed by atoms with E-state index >= 15 is 0 Å². The van der Waals surface area contributed by atoms with Crippen molar-refractivity contribution in [3.63, 3.8) is 0 Å². The molecule has 0 saturated carbocycles. The number of anilines is 1. The van der Waals surface area contributed by atoms with Crippen LogP contribution in [0.1, 0.15) is 23.6 Å². The molecular formula is C17H18N2O2. The van der Waals surface area contributed by atoms with Crippen molar-refractivity contribution < 1.29 is 4.92 Å². The largest absolute Gasteiger partial charge is 0.364 e. The van der Waals surface area contributed by atoms with Gasteiger partial charge in [0.1, 0.15) is 0 Å². The molecule has 1 aliphatic rings. The van der Waals surface area contributed by atoms with Gasteiger partial charge in [0.05, 0.1) is 6.04 Å². The lowest BCUT2D eigenvalue weighted by Gasteiger charge is -2.38. The maximum Gasteiger partial charge on any atom is 0.206 e. The molecule has 21 heavy (non-hydrogen) atoms. The van der Waals surface area contributed by atoms with Crippen LogP contribution in [0, 0.1) is 10.1 Å². The maximum atomic E-state index is 10.8. The highest BCUT2D eigenvalue weighted by atomic mass is 16.6. The Morgan fingerprint density at radius 1 is 1.10 bits per heavy atom. The molecule has 0 aliphatic carbocycles. The predicted molar refractivity (Wildman–Crippen MR) is 83.2 cm³/mol. The van der Waals surface area contributed by atoms with E-state index in [2.05, 4.69) is 29.2 Å². The summed E-state index contributed by atoms with van der Waals surface area (Å²) in [7, 11) is 0. The lowest BCUT2D eigenvalue weighted by Crippen LogP contribution is -2.36. The topological polar surface area (TPSA) is 46.4 Å². The van der Waals surface area contributed by atoms with Gasteiger partial charge in [-0.1, -0.05) is 42.5 Å². The Balaban J connectivity index is 1.94. The Kier molecular flexibility index (Phi) is 3.86. The molecule has 3 rings (SSSR count). The second kappa shape index (κ2) is 5.95. The summed E-state index contributed by atoms with van der Waals surface area (Å²) in [5, 5.41) is 10.8. The number of para-hydroxylation sites is 1. The van der Waals surface area contributed by atoms with E-state index in [1.54, 1.807) is 0 Å². The Morgan fingerprint density at radius 3 is 2.57 bits per heavy atom. The molecule has 0 radical (unpaired) electrons. The number of rotatable bonds is 4. The number of nitrogens with zero attached hydrogens (tertiary/aromatic N) is 2. The van der Waals surface area contributed by atoms with Crippen molar-refractivity contribution in [2.24, 2.45) is 0 Å². The smallest absolute Gasteiger partial charge is 0.206 e. The summed E-state index contributed by atoms with van der Waals surface area (Å²) in [6, 6.07) is 18.6. The monoisotopic (exact) mass is 282 g/mol. The first-order valence-corrected chi connectivity index (χ1v) is 7.27. The third-order valence-electron chi connectivity index (χ3n) is 4.09. The highest BCUT2D eigenvalue weighted by Gasteiger charge is 2.28. The highest BCUT2D eigenvalue weighted by Crippen LogP contribution is 2.35. The molecule has 0 spiro atoms. The first-order chi connectivity index (χ1) is 10.3. The molecule has 0 N–H and O–H groups in total. The minimum absolute atomic E-state index is 0.00232. The van der Waals surface area contributed by atoms with Crippen molar-refractivity contribution >= 4 is 5.69 Å². The van der Waals surface area contributed by atoms with Crippen molar-refractivity contribution in [3.8, 4) is 0 Å². The Hall–Kier alpha value is -2.36. The van der Waals surface area contributed by atoms with E-state index < -0.39 is 0 Å². The standard InChI is InChI=1S/C17H18N2O2/c20-19(21)13-11-17-16-9-5-4-6-14(16)10-12-18(17)15-7-2-1-3-8-15/h1-9,17H,10-13H2. The highest BCUT2D eigenvalue weighted by molar-refractivity contribution is 5.52. The summed E-state index contributed by atoms with van der Waals surface area (Å²) in [5.41, 5.74) is 3.69. The average Bonchev–Trinajstić information content (AvgIpc) is 2.53. The fourth-order valence-corrected chi connectivity index (χ4v) is 3.12. The summed E-state index contributed by atoms with van der Waals surface area (Å²) in [6.45, 7) is 0.908. The van der Waals surface area contributed by atoms with E-state index in [1.165, 1.54) is 11.1 Å². The van der Waals surface area contributed by atoms with E-state index in [0.29, 0.717) is 6.42 Å². The van der Waals surface area contributed by atoms with Gasteiger partial charge in [-0.3, -0.25) is 10.1 Å². The van der Waals surface area contributed by atoms with Gasteiger partial charge in [0.25, 0.3) is 0 Å². The van der Waals surface area contributed by atoms with Crippen molar-refractivity contribution in [2.45, 2.75) is 18.9 Å².